The van der Waals surface area contributed by atoms with Gasteiger partial charge in [-0.25, -0.2) is 4.98 Å². The van der Waals surface area contributed by atoms with Crippen molar-refractivity contribution in [3.63, 3.8) is 0 Å². The second kappa shape index (κ2) is 6.41. The van der Waals surface area contributed by atoms with Gasteiger partial charge in [-0.1, -0.05) is 12.1 Å². The molecule has 120 valence electrons. The maximum absolute atomic E-state index is 5.56. The minimum atomic E-state index is 0.492. The molecule has 0 unspecified atom stereocenters. The van der Waals surface area contributed by atoms with Crippen molar-refractivity contribution in [1.82, 2.24) is 9.97 Å². The number of aromatic nitrogens is 2. The number of pyridine rings is 1. The number of thiazole rings is 1. The van der Waals surface area contributed by atoms with Crippen LogP contribution in [0.25, 0.3) is 21.0 Å². The van der Waals surface area contributed by atoms with E-state index in [9.17, 15) is 0 Å². The smallest absolute Gasteiger partial charge is 0.257 e. The first kappa shape index (κ1) is 14.8. The van der Waals surface area contributed by atoms with Gasteiger partial charge in [-0.15, -0.1) is 11.3 Å². The van der Waals surface area contributed by atoms with Crippen LogP contribution in [-0.2, 0) is 9.57 Å². The molecule has 5 nitrogen and oxygen atoms in total. The molecular weight excluding hydrogens is 322 g/mol. The standard InChI is InChI=1S/C18H15N3O2S/c1-12-16(24-18(20-12)15-6-3-7-19-11-15)13-4-2-5-14(10-13)17-21-23-9-8-22-17/h2-7,10-11H,8-9H2,1H3. The van der Waals surface area contributed by atoms with Crippen molar-refractivity contribution in [2.45, 2.75) is 6.92 Å². The predicted octanol–water partition coefficient (Wildman–Crippen LogP) is 3.89. The van der Waals surface area contributed by atoms with Gasteiger partial charge in [0.05, 0.1) is 10.6 Å². The zero-order chi connectivity index (χ0) is 16.4. The first-order chi connectivity index (χ1) is 11.8. The molecule has 0 amide bonds. The second-order valence-corrected chi connectivity index (χ2v) is 6.33. The van der Waals surface area contributed by atoms with Crippen molar-refractivity contribution in [3.05, 3.63) is 60.0 Å². The van der Waals surface area contributed by atoms with E-state index in [1.807, 2.05) is 37.4 Å². The van der Waals surface area contributed by atoms with Crippen molar-refractivity contribution in [3.8, 4) is 21.0 Å². The van der Waals surface area contributed by atoms with E-state index in [0.29, 0.717) is 19.1 Å². The fourth-order valence-electron chi connectivity index (χ4n) is 2.51. The zero-order valence-electron chi connectivity index (χ0n) is 13.1. The molecule has 4 rings (SSSR count). The average Bonchev–Trinajstić information content (AvgIpc) is 3.05. The Morgan fingerprint density at radius 3 is 2.71 bits per heavy atom. The van der Waals surface area contributed by atoms with Crippen LogP contribution in [0, 0.1) is 6.92 Å². The van der Waals surface area contributed by atoms with Gasteiger partial charge >= 0.3 is 0 Å². The lowest BCUT2D eigenvalue weighted by Crippen LogP contribution is -2.16. The average molecular weight is 337 g/mol. The molecular formula is C18H15N3O2S. The molecule has 3 aromatic rings. The number of rotatable bonds is 3. The highest BCUT2D eigenvalue weighted by Crippen LogP contribution is 2.35. The Balaban J connectivity index is 1.72. The number of hydrogen-bond acceptors (Lipinski definition) is 6. The SMILES string of the molecule is Cc1nc(-c2cccnc2)sc1-c1cccc(C2=NOCCO2)c1. The molecule has 0 saturated heterocycles. The minimum absolute atomic E-state index is 0.492. The Labute approximate surface area is 143 Å². The van der Waals surface area contributed by atoms with Gasteiger partial charge in [0.25, 0.3) is 5.90 Å². The Bertz CT molecular complexity index is 890. The number of benzene rings is 1. The Morgan fingerprint density at radius 1 is 1.04 bits per heavy atom. The molecule has 3 heterocycles. The summed E-state index contributed by atoms with van der Waals surface area (Å²) in [4.78, 5) is 15.1. The van der Waals surface area contributed by atoms with E-state index in [-0.39, 0.29) is 0 Å². The third-order valence-electron chi connectivity index (χ3n) is 3.64. The second-order valence-electron chi connectivity index (χ2n) is 5.33. The molecule has 1 aliphatic rings. The third-order valence-corrected chi connectivity index (χ3v) is 4.89. The van der Waals surface area contributed by atoms with Crippen LogP contribution >= 0.6 is 11.3 Å². The van der Waals surface area contributed by atoms with Gasteiger partial charge in [0.2, 0.25) is 0 Å². The monoisotopic (exact) mass is 337 g/mol. The molecule has 0 bridgehead atoms. The fourth-order valence-corrected chi connectivity index (χ4v) is 3.57. The molecule has 0 spiro atoms. The highest BCUT2D eigenvalue weighted by molar-refractivity contribution is 7.18. The Kier molecular flexibility index (Phi) is 3.96. The van der Waals surface area contributed by atoms with E-state index in [1.165, 1.54) is 0 Å². The molecule has 0 radical (unpaired) electrons. The van der Waals surface area contributed by atoms with Crippen LogP contribution in [0.15, 0.2) is 53.9 Å². The van der Waals surface area contributed by atoms with Gasteiger partial charge in [0, 0.05) is 23.5 Å². The summed E-state index contributed by atoms with van der Waals surface area (Å²) >= 11 is 1.66. The number of aryl methyl sites for hydroxylation is 1. The first-order valence-electron chi connectivity index (χ1n) is 7.62. The lowest BCUT2D eigenvalue weighted by Gasteiger charge is -2.13. The molecule has 6 heteroatoms. The summed E-state index contributed by atoms with van der Waals surface area (Å²) in [5.41, 5.74) is 4.03. The molecule has 1 aromatic carbocycles. The van der Waals surface area contributed by atoms with Crippen LogP contribution in [0.4, 0.5) is 0 Å². The molecule has 0 N–H and O–H groups in total. The maximum Gasteiger partial charge on any atom is 0.257 e. The molecule has 0 atom stereocenters. The third kappa shape index (κ3) is 2.88. The van der Waals surface area contributed by atoms with E-state index in [1.54, 1.807) is 17.5 Å². The van der Waals surface area contributed by atoms with Gasteiger partial charge in [0.1, 0.15) is 11.6 Å². The van der Waals surface area contributed by atoms with Gasteiger partial charge < -0.3 is 9.57 Å². The highest BCUT2D eigenvalue weighted by Gasteiger charge is 2.15. The number of nitrogens with zero attached hydrogens (tertiary/aromatic N) is 3. The largest absolute Gasteiger partial charge is 0.471 e. The van der Waals surface area contributed by atoms with Gasteiger partial charge in [0.15, 0.2) is 6.61 Å². The van der Waals surface area contributed by atoms with Crippen molar-refractivity contribution >= 4 is 17.2 Å². The van der Waals surface area contributed by atoms with Crippen LogP contribution in [0.1, 0.15) is 11.3 Å². The maximum atomic E-state index is 5.56. The van der Waals surface area contributed by atoms with Gasteiger partial charge in [-0.2, -0.15) is 0 Å². The summed E-state index contributed by atoms with van der Waals surface area (Å²) < 4.78 is 5.56. The lowest BCUT2D eigenvalue weighted by molar-refractivity contribution is 0.0655. The summed E-state index contributed by atoms with van der Waals surface area (Å²) in [5.74, 6) is 0.526. The van der Waals surface area contributed by atoms with Crippen molar-refractivity contribution in [1.29, 1.82) is 0 Å². The van der Waals surface area contributed by atoms with Crippen LogP contribution < -0.4 is 0 Å². The van der Waals surface area contributed by atoms with Crippen LogP contribution in [-0.4, -0.2) is 29.1 Å². The van der Waals surface area contributed by atoms with Crippen molar-refractivity contribution in [2.24, 2.45) is 5.16 Å². The number of ether oxygens (including phenoxy) is 1. The summed E-state index contributed by atoms with van der Waals surface area (Å²) in [6.45, 7) is 3.04. The lowest BCUT2D eigenvalue weighted by atomic mass is 10.1. The van der Waals surface area contributed by atoms with Crippen molar-refractivity contribution < 1.29 is 9.57 Å². The normalized spacial score (nSPS) is 13.8. The molecule has 0 aliphatic carbocycles. The van der Waals surface area contributed by atoms with E-state index in [2.05, 4.69) is 22.3 Å². The number of oxime groups is 1. The summed E-state index contributed by atoms with van der Waals surface area (Å²) in [6.07, 6.45) is 3.60. The predicted molar refractivity (Wildman–Crippen MR) is 94.0 cm³/mol. The topological polar surface area (TPSA) is 56.6 Å². The zero-order valence-corrected chi connectivity index (χ0v) is 13.9. The van der Waals surface area contributed by atoms with Crippen LogP contribution in [0.2, 0.25) is 0 Å². The fraction of sp³-hybridized carbons (Fsp3) is 0.167. The van der Waals surface area contributed by atoms with E-state index in [4.69, 9.17) is 14.6 Å². The quantitative estimate of drug-likeness (QED) is 0.727. The minimum Gasteiger partial charge on any atom is -0.471 e. The van der Waals surface area contributed by atoms with Crippen molar-refractivity contribution in [2.75, 3.05) is 13.2 Å². The van der Waals surface area contributed by atoms with Crippen LogP contribution in [0.3, 0.4) is 0 Å². The molecule has 0 saturated carbocycles. The summed E-state index contributed by atoms with van der Waals surface area (Å²) in [6, 6.07) is 12.0. The van der Waals surface area contributed by atoms with E-state index in [0.717, 1.165) is 32.3 Å². The Morgan fingerprint density at radius 2 is 1.92 bits per heavy atom. The Hall–Kier alpha value is -2.73. The molecule has 24 heavy (non-hydrogen) atoms. The van der Waals surface area contributed by atoms with E-state index < -0.39 is 0 Å². The summed E-state index contributed by atoms with van der Waals surface area (Å²) in [7, 11) is 0. The first-order valence-corrected chi connectivity index (χ1v) is 8.44. The highest BCUT2D eigenvalue weighted by atomic mass is 32.1. The van der Waals surface area contributed by atoms with Crippen LogP contribution in [0.5, 0.6) is 0 Å². The summed E-state index contributed by atoms with van der Waals surface area (Å²) in [5, 5.41) is 4.95. The molecule has 1 aliphatic heterocycles. The molecule has 2 aromatic heterocycles. The van der Waals surface area contributed by atoms with Gasteiger partial charge in [-0.05, 0) is 41.9 Å². The van der Waals surface area contributed by atoms with Gasteiger partial charge in [-0.3, -0.25) is 4.98 Å². The number of hydrogen-bond donors (Lipinski definition) is 0. The van der Waals surface area contributed by atoms with E-state index >= 15 is 0 Å². The molecule has 0 fully saturated rings.